The Bertz CT molecular complexity index is 409. The van der Waals surface area contributed by atoms with Gasteiger partial charge in [0, 0.05) is 24.3 Å². The van der Waals surface area contributed by atoms with Gasteiger partial charge < -0.3 is 10.6 Å². The average molecular weight is 232 g/mol. The number of nitrogens with zero attached hydrogens (tertiary/aromatic N) is 1. The average Bonchev–Trinajstić information content (AvgIpc) is 2.28. The maximum atomic E-state index is 5.74. The molecule has 0 bridgehead atoms. The van der Waals surface area contributed by atoms with Gasteiger partial charge in [-0.1, -0.05) is 19.1 Å². The van der Waals surface area contributed by atoms with E-state index >= 15 is 0 Å². The van der Waals surface area contributed by atoms with E-state index in [1.165, 1.54) is 23.2 Å². The van der Waals surface area contributed by atoms with Crippen LogP contribution in [0.2, 0.25) is 0 Å². The zero-order chi connectivity index (χ0) is 12.6. The molecule has 17 heavy (non-hydrogen) atoms. The van der Waals surface area contributed by atoms with E-state index in [1.54, 1.807) is 0 Å². The largest absolute Gasteiger partial charge is 0.366 e. The summed E-state index contributed by atoms with van der Waals surface area (Å²) >= 11 is 0. The summed E-state index contributed by atoms with van der Waals surface area (Å²) in [6.45, 7) is 10.9. The van der Waals surface area contributed by atoms with E-state index in [4.69, 9.17) is 5.73 Å². The zero-order valence-electron chi connectivity index (χ0n) is 11.5. The predicted molar refractivity (Wildman–Crippen MR) is 74.5 cm³/mol. The number of fused-ring (bicyclic) bond motifs is 1. The zero-order valence-corrected chi connectivity index (χ0v) is 11.5. The molecule has 0 saturated carbocycles. The van der Waals surface area contributed by atoms with Crippen molar-refractivity contribution in [1.82, 2.24) is 0 Å². The number of nitrogens with two attached hydrogens (primary N) is 1. The molecule has 2 rings (SSSR count). The molecule has 0 spiro atoms. The Labute approximate surface area is 105 Å². The van der Waals surface area contributed by atoms with Gasteiger partial charge in [0.15, 0.2) is 0 Å². The molecule has 94 valence electrons. The Morgan fingerprint density at radius 1 is 1.41 bits per heavy atom. The Balaban J connectivity index is 2.51. The summed E-state index contributed by atoms with van der Waals surface area (Å²) in [7, 11) is 0. The molecule has 2 N–H and O–H groups in total. The minimum Gasteiger partial charge on any atom is -0.366 e. The summed E-state index contributed by atoms with van der Waals surface area (Å²) in [6.07, 6.45) is 1.21. The standard InChI is InChI=1S/C15H24N2/c1-5-17-14-7-6-12(10-16)8-13(14)11(2)9-15(17,3)4/h6-8,11H,5,9-10,16H2,1-4H3. The fourth-order valence-corrected chi connectivity index (χ4v) is 3.27. The first kappa shape index (κ1) is 12.4. The van der Waals surface area contributed by atoms with E-state index in [-0.39, 0.29) is 5.54 Å². The van der Waals surface area contributed by atoms with E-state index in [1.807, 2.05) is 0 Å². The number of anilines is 1. The fraction of sp³-hybridized carbons (Fsp3) is 0.600. The highest BCUT2D eigenvalue weighted by Gasteiger charge is 2.35. The topological polar surface area (TPSA) is 29.3 Å². The molecule has 1 atom stereocenters. The van der Waals surface area contributed by atoms with E-state index in [2.05, 4.69) is 50.8 Å². The van der Waals surface area contributed by atoms with Crippen LogP contribution < -0.4 is 10.6 Å². The highest BCUT2D eigenvalue weighted by atomic mass is 15.2. The Morgan fingerprint density at radius 2 is 2.12 bits per heavy atom. The first-order chi connectivity index (χ1) is 7.99. The lowest BCUT2D eigenvalue weighted by molar-refractivity contribution is 0.381. The van der Waals surface area contributed by atoms with Crippen LogP contribution in [0.4, 0.5) is 5.69 Å². The summed E-state index contributed by atoms with van der Waals surface area (Å²) < 4.78 is 0. The lowest BCUT2D eigenvalue weighted by Crippen LogP contribution is -2.48. The highest BCUT2D eigenvalue weighted by molar-refractivity contribution is 5.60. The molecule has 0 aromatic heterocycles. The van der Waals surface area contributed by atoms with Crippen molar-refractivity contribution < 1.29 is 0 Å². The summed E-state index contributed by atoms with van der Waals surface area (Å²) in [6, 6.07) is 6.70. The molecule has 0 aliphatic carbocycles. The molecule has 0 radical (unpaired) electrons. The lowest BCUT2D eigenvalue weighted by atomic mass is 9.79. The molecule has 1 aromatic carbocycles. The van der Waals surface area contributed by atoms with Crippen molar-refractivity contribution in [3.63, 3.8) is 0 Å². The second-order valence-corrected chi connectivity index (χ2v) is 5.76. The van der Waals surface area contributed by atoms with Crippen LogP contribution in [0.15, 0.2) is 18.2 Å². The molecule has 1 aliphatic rings. The first-order valence-corrected chi connectivity index (χ1v) is 6.60. The van der Waals surface area contributed by atoms with Crippen LogP contribution in [0.3, 0.4) is 0 Å². The number of hydrogen-bond donors (Lipinski definition) is 1. The van der Waals surface area contributed by atoms with Crippen molar-refractivity contribution in [3.8, 4) is 0 Å². The van der Waals surface area contributed by atoms with E-state index in [0.29, 0.717) is 12.5 Å². The summed E-state index contributed by atoms with van der Waals surface area (Å²) in [4.78, 5) is 2.52. The van der Waals surface area contributed by atoms with Gasteiger partial charge in [-0.2, -0.15) is 0 Å². The molecule has 1 aromatic rings. The first-order valence-electron chi connectivity index (χ1n) is 6.60. The quantitative estimate of drug-likeness (QED) is 0.848. The maximum Gasteiger partial charge on any atom is 0.0406 e. The lowest BCUT2D eigenvalue weighted by Gasteiger charge is -2.47. The number of rotatable bonds is 2. The van der Waals surface area contributed by atoms with Gasteiger partial charge >= 0.3 is 0 Å². The fourth-order valence-electron chi connectivity index (χ4n) is 3.27. The molecular weight excluding hydrogens is 208 g/mol. The van der Waals surface area contributed by atoms with Gasteiger partial charge in [0.1, 0.15) is 0 Å². The van der Waals surface area contributed by atoms with Crippen molar-refractivity contribution >= 4 is 5.69 Å². The van der Waals surface area contributed by atoms with Crippen molar-refractivity contribution in [3.05, 3.63) is 29.3 Å². The van der Waals surface area contributed by atoms with E-state index in [9.17, 15) is 0 Å². The van der Waals surface area contributed by atoms with Crippen LogP contribution in [-0.4, -0.2) is 12.1 Å². The Hall–Kier alpha value is -1.02. The van der Waals surface area contributed by atoms with Crippen LogP contribution in [-0.2, 0) is 6.54 Å². The molecule has 1 aliphatic heterocycles. The van der Waals surface area contributed by atoms with Gasteiger partial charge in [-0.3, -0.25) is 0 Å². The summed E-state index contributed by atoms with van der Waals surface area (Å²) in [5.41, 5.74) is 10.1. The predicted octanol–water partition coefficient (Wildman–Crippen LogP) is 3.26. The molecule has 1 unspecified atom stereocenters. The van der Waals surface area contributed by atoms with Gasteiger partial charge in [0.05, 0.1) is 0 Å². The second-order valence-electron chi connectivity index (χ2n) is 5.76. The van der Waals surface area contributed by atoms with Crippen LogP contribution >= 0.6 is 0 Å². The van der Waals surface area contributed by atoms with Crippen molar-refractivity contribution in [2.45, 2.75) is 52.1 Å². The smallest absolute Gasteiger partial charge is 0.0406 e. The molecule has 0 fully saturated rings. The number of hydrogen-bond acceptors (Lipinski definition) is 2. The maximum absolute atomic E-state index is 5.74. The molecule has 2 heteroatoms. The third-order valence-electron chi connectivity index (χ3n) is 4.00. The third-order valence-corrected chi connectivity index (χ3v) is 4.00. The minimum absolute atomic E-state index is 0.255. The van der Waals surface area contributed by atoms with Crippen LogP contribution in [0, 0.1) is 0 Å². The van der Waals surface area contributed by atoms with Gasteiger partial charge in [-0.15, -0.1) is 0 Å². The van der Waals surface area contributed by atoms with E-state index in [0.717, 1.165) is 6.54 Å². The van der Waals surface area contributed by atoms with Crippen molar-refractivity contribution in [1.29, 1.82) is 0 Å². The normalized spacial score (nSPS) is 22.4. The van der Waals surface area contributed by atoms with Gasteiger partial charge in [0.2, 0.25) is 0 Å². The molecule has 1 heterocycles. The molecule has 2 nitrogen and oxygen atoms in total. The Kier molecular flexibility index (Phi) is 3.17. The van der Waals surface area contributed by atoms with Crippen LogP contribution in [0.1, 0.15) is 51.2 Å². The van der Waals surface area contributed by atoms with E-state index < -0.39 is 0 Å². The number of benzene rings is 1. The van der Waals surface area contributed by atoms with Crippen LogP contribution in [0.5, 0.6) is 0 Å². The van der Waals surface area contributed by atoms with Gasteiger partial charge in [0.25, 0.3) is 0 Å². The van der Waals surface area contributed by atoms with Gasteiger partial charge in [-0.05, 0) is 50.3 Å². The summed E-state index contributed by atoms with van der Waals surface area (Å²) in [5, 5.41) is 0. The second kappa shape index (κ2) is 4.34. The Morgan fingerprint density at radius 3 is 2.71 bits per heavy atom. The van der Waals surface area contributed by atoms with Gasteiger partial charge in [-0.25, -0.2) is 0 Å². The van der Waals surface area contributed by atoms with Crippen molar-refractivity contribution in [2.75, 3.05) is 11.4 Å². The monoisotopic (exact) mass is 232 g/mol. The minimum atomic E-state index is 0.255. The molecular formula is C15H24N2. The molecule has 0 amide bonds. The molecule has 0 saturated heterocycles. The van der Waals surface area contributed by atoms with Crippen LogP contribution in [0.25, 0.3) is 0 Å². The van der Waals surface area contributed by atoms with Crippen molar-refractivity contribution in [2.24, 2.45) is 5.73 Å². The third kappa shape index (κ3) is 2.06. The highest BCUT2D eigenvalue weighted by Crippen LogP contribution is 2.43. The summed E-state index contributed by atoms with van der Waals surface area (Å²) in [5.74, 6) is 0.620. The SMILES string of the molecule is CCN1c2ccc(CN)cc2C(C)CC1(C)C.